The molecule has 0 aliphatic heterocycles. The second-order valence-electron chi connectivity index (χ2n) is 5.26. The Labute approximate surface area is 140 Å². The number of carbonyl (C=O) groups is 2. The topological polar surface area (TPSA) is 71.1 Å². The standard InChI is InChI=1S/C17H21N3O2S/c1-4-12(5-2)15(21)20-17-18-11(3)14(23-17)16(22)19-13-9-7-6-8-10-13/h6-10,12H,4-5H2,1-3H3,(H,19,22)(H,18,20,21). The Bertz CT molecular complexity index is 678. The van der Waals surface area contributed by atoms with Crippen LogP contribution in [0.2, 0.25) is 0 Å². The molecule has 0 saturated heterocycles. The number of rotatable bonds is 6. The molecule has 1 aromatic carbocycles. The molecule has 2 rings (SSSR count). The number of amides is 2. The molecule has 0 radical (unpaired) electrons. The zero-order valence-electron chi connectivity index (χ0n) is 13.6. The molecule has 0 atom stereocenters. The summed E-state index contributed by atoms with van der Waals surface area (Å²) in [6.07, 6.45) is 1.57. The van der Waals surface area contributed by atoms with Gasteiger partial charge in [0.1, 0.15) is 4.88 Å². The Balaban J connectivity index is 2.08. The third-order valence-corrected chi connectivity index (χ3v) is 4.69. The van der Waals surface area contributed by atoms with Crippen molar-refractivity contribution in [1.82, 2.24) is 4.98 Å². The van der Waals surface area contributed by atoms with Crippen molar-refractivity contribution in [1.29, 1.82) is 0 Å². The van der Waals surface area contributed by atoms with Gasteiger partial charge in [-0.05, 0) is 31.9 Å². The van der Waals surface area contributed by atoms with Crippen LogP contribution in [0.1, 0.15) is 42.1 Å². The third-order valence-electron chi connectivity index (χ3n) is 3.62. The molecule has 2 N–H and O–H groups in total. The van der Waals surface area contributed by atoms with Gasteiger partial charge in [-0.15, -0.1) is 0 Å². The van der Waals surface area contributed by atoms with Crippen molar-refractivity contribution in [2.45, 2.75) is 33.6 Å². The molecule has 0 aliphatic carbocycles. The van der Waals surface area contributed by atoms with Gasteiger partial charge in [-0.25, -0.2) is 4.98 Å². The van der Waals surface area contributed by atoms with Gasteiger partial charge in [-0.2, -0.15) is 0 Å². The summed E-state index contributed by atoms with van der Waals surface area (Å²) in [6, 6.07) is 9.25. The zero-order valence-corrected chi connectivity index (χ0v) is 14.4. The van der Waals surface area contributed by atoms with E-state index in [1.807, 2.05) is 44.2 Å². The van der Waals surface area contributed by atoms with Crippen LogP contribution in [0.15, 0.2) is 30.3 Å². The summed E-state index contributed by atoms with van der Waals surface area (Å²) in [5.41, 5.74) is 1.34. The van der Waals surface area contributed by atoms with Gasteiger partial charge in [-0.1, -0.05) is 43.4 Å². The molecule has 0 bridgehead atoms. The van der Waals surface area contributed by atoms with Gasteiger partial charge in [-0.3, -0.25) is 9.59 Å². The van der Waals surface area contributed by atoms with Crippen molar-refractivity contribution in [3.8, 4) is 0 Å². The largest absolute Gasteiger partial charge is 0.321 e. The van der Waals surface area contributed by atoms with Crippen molar-refractivity contribution in [2.75, 3.05) is 10.6 Å². The molecule has 1 heterocycles. The van der Waals surface area contributed by atoms with Crippen LogP contribution >= 0.6 is 11.3 Å². The number of benzene rings is 1. The maximum Gasteiger partial charge on any atom is 0.267 e. The van der Waals surface area contributed by atoms with Gasteiger partial charge in [0.15, 0.2) is 5.13 Å². The highest BCUT2D eigenvalue weighted by molar-refractivity contribution is 7.17. The Morgan fingerprint density at radius 2 is 1.78 bits per heavy atom. The van der Waals surface area contributed by atoms with E-state index in [-0.39, 0.29) is 17.7 Å². The fourth-order valence-electron chi connectivity index (χ4n) is 2.24. The average Bonchev–Trinajstić information content (AvgIpc) is 2.90. The van der Waals surface area contributed by atoms with Crippen LogP contribution < -0.4 is 10.6 Å². The number of nitrogens with one attached hydrogen (secondary N) is 2. The number of carbonyl (C=O) groups excluding carboxylic acids is 2. The van der Waals surface area contributed by atoms with Gasteiger partial charge >= 0.3 is 0 Å². The Morgan fingerprint density at radius 1 is 1.13 bits per heavy atom. The van der Waals surface area contributed by atoms with Crippen LogP contribution in [0.3, 0.4) is 0 Å². The Morgan fingerprint density at radius 3 is 2.39 bits per heavy atom. The number of aromatic nitrogens is 1. The molecule has 122 valence electrons. The van der Waals surface area contributed by atoms with Gasteiger partial charge in [0.25, 0.3) is 5.91 Å². The average molecular weight is 331 g/mol. The lowest BCUT2D eigenvalue weighted by atomic mass is 10.0. The first kappa shape index (κ1) is 17.1. The van der Waals surface area contributed by atoms with Crippen LogP contribution in [0.5, 0.6) is 0 Å². The first-order valence-electron chi connectivity index (χ1n) is 7.69. The number of hydrogen-bond donors (Lipinski definition) is 2. The van der Waals surface area contributed by atoms with Crippen LogP contribution in [0.25, 0.3) is 0 Å². The van der Waals surface area contributed by atoms with Crippen molar-refractivity contribution in [2.24, 2.45) is 5.92 Å². The molecule has 0 fully saturated rings. The van der Waals surface area contributed by atoms with E-state index in [1.54, 1.807) is 6.92 Å². The first-order chi connectivity index (χ1) is 11.0. The minimum absolute atomic E-state index is 0.0270. The summed E-state index contributed by atoms with van der Waals surface area (Å²) in [6.45, 7) is 5.74. The molecule has 0 aliphatic rings. The first-order valence-corrected chi connectivity index (χ1v) is 8.51. The number of aryl methyl sites for hydroxylation is 1. The Kier molecular flexibility index (Phi) is 5.87. The summed E-state index contributed by atoms with van der Waals surface area (Å²) in [4.78, 5) is 29.2. The number of para-hydroxylation sites is 1. The normalized spacial score (nSPS) is 10.6. The zero-order chi connectivity index (χ0) is 16.8. The predicted octanol–water partition coefficient (Wildman–Crippen LogP) is 4.08. The van der Waals surface area contributed by atoms with Crippen LogP contribution in [-0.4, -0.2) is 16.8 Å². The van der Waals surface area contributed by atoms with E-state index in [0.717, 1.165) is 18.5 Å². The highest BCUT2D eigenvalue weighted by atomic mass is 32.1. The summed E-state index contributed by atoms with van der Waals surface area (Å²) in [7, 11) is 0. The van der Waals surface area contributed by atoms with Crippen LogP contribution in [-0.2, 0) is 4.79 Å². The molecule has 0 spiro atoms. The lowest BCUT2D eigenvalue weighted by Gasteiger charge is -2.10. The minimum atomic E-state index is -0.214. The monoisotopic (exact) mass is 331 g/mol. The lowest BCUT2D eigenvalue weighted by Crippen LogP contribution is -2.21. The third kappa shape index (κ3) is 4.39. The molecular formula is C17H21N3O2S. The number of anilines is 2. The molecular weight excluding hydrogens is 310 g/mol. The maximum absolute atomic E-state index is 12.3. The van der Waals surface area contributed by atoms with Crippen LogP contribution in [0.4, 0.5) is 10.8 Å². The predicted molar refractivity (Wildman–Crippen MR) is 93.9 cm³/mol. The van der Waals surface area contributed by atoms with Gasteiger partial charge in [0, 0.05) is 11.6 Å². The van der Waals surface area contributed by atoms with E-state index in [9.17, 15) is 9.59 Å². The highest BCUT2D eigenvalue weighted by Gasteiger charge is 2.19. The number of thiazole rings is 1. The molecule has 5 nitrogen and oxygen atoms in total. The second kappa shape index (κ2) is 7.87. The van der Waals surface area contributed by atoms with Crippen molar-refractivity contribution in [3.05, 3.63) is 40.9 Å². The molecule has 2 aromatic rings. The van der Waals surface area contributed by atoms with E-state index in [1.165, 1.54) is 11.3 Å². The summed E-state index contributed by atoms with van der Waals surface area (Å²) >= 11 is 1.20. The molecule has 2 amide bonds. The van der Waals surface area contributed by atoms with Gasteiger partial charge in [0.2, 0.25) is 5.91 Å². The number of nitrogens with zero attached hydrogens (tertiary/aromatic N) is 1. The van der Waals surface area contributed by atoms with Crippen LogP contribution in [0, 0.1) is 12.8 Å². The second-order valence-corrected chi connectivity index (χ2v) is 6.26. The van der Waals surface area contributed by atoms with E-state index in [4.69, 9.17) is 0 Å². The molecule has 6 heteroatoms. The molecule has 23 heavy (non-hydrogen) atoms. The maximum atomic E-state index is 12.3. The smallest absolute Gasteiger partial charge is 0.267 e. The van der Waals surface area contributed by atoms with E-state index >= 15 is 0 Å². The van der Waals surface area contributed by atoms with E-state index in [0.29, 0.717) is 15.7 Å². The highest BCUT2D eigenvalue weighted by Crippen LogP contribution is 2.24. The number of hydrogen-bond acceptors (Lipinski definition) is 4. The summed E-state index contributed by atoms with van der Waals surface area (Å²) in [5.74, 6) is -0.284. The summed E-state index contributed by atoms with van der Waals surface area (Å²) < 4.78 is 0. The molecule has 0 unspecified atom stereocenters. The Hall–Kier alpha value is -2.21. The fourth-order valence-corrected chi connectivity index (χ4v) is 3.10. The summed E-state index contributed by atoms with van der Waals surface area (Å²) in [5, 5.41) is 6.11. The van der Waals surface area contributed by atoms with Crippen molar-refractivity contribution >= 4 is 34.0 Å². The van der Waals surface area contributed by atoms with Crippen molar-refractivity contribution in [3.63, 3.8) is 0 Å². The molecule has 0 saturated carbocycles. The lowest BCUT2D eigenvalue weighted by molar-refractivity contribution is -0.120. The SMILES string of the molecule is CCC(CC)C(=O)Nc1nc(C)c(C(=O)Nc2ccccc2)s1. The quantitative estimate of drug-likeness (QED) is 0.838. The fraction of sp³-hybridized carbons (Fsp3) is 0.353. The van der Waals surface area contributed by atoms with Crippen molar-refractivity contribution < 1.29 is 9.59 Å². The van der Waals surface area contributed by atoms with Gasteiger partial charge in [0.05, 0.1) is 5.69 Å². The molecule has 1 aromatic heterocycles. The van der Waals surface area contributed by atoms with E-state index in [2.05, 4.69) is 15.6 Å². The van der Waals surface area contributed by atoms with E-state index < -0.39 is 0 Å². The van der Waals surface area contributed by atoms with Gasteiger partial charge < -0.3 is 10.6 Å². The minimum Gasteiger partial charge on any atom is -0.321 e.